The van der Waals surface area contributed by atoms with Gasteiger partial charge in [0.15, 0.2) is 6.61 Å². The molecule has 0 aliphatic carbocycles. The third-order valence-corrected chi connectivity index (χ3v) is 3.20. The molecular weight excluding hydrogens is 326 g/mol. The van der Waals surface area contributed by atoms with E-state index in [4.69, 9.17) is 9.47 Å². The zero-order valence-corrected chi connectivity index (χ0v) is 13.7. The number of carboxylic acid groups (broad SMARTS) is 1. The molecule has 0 aliphatic heterocycles. The van der Waals surface area contributed by atoms with Crippen LogP contribution in [0.15, 0.2) is 42.5 Å². The number of benzene rings is 2. The van der Waals surface area contributed by atoms with Crippen molar-refractivity contribution in [2.45, 2.75) is 13.8 Å². The quantitative estimate of drug-likeness (QED) is 0.627. The predicted octanol–water partition coefficient (Wildman–Crippen LogP) is 1.30. The van der Waals surface area contributed by atoms with Crippen molar-refractivity contribution in [2.24, 2.45) is 0 Å². The van der Waals surface area contributed by atoms with Crippen LogP contribution in [0.25, 0.3) is 0 Å². The molecule has 0 aliphatic rings. The number of esters is 1. The second kappa shape index (κ2) is 7.96. The molecule has 7 heteroatoms. The van der Waals surface area contributed by atoms with Crippen LogP contribution in [-0.4, -0.2) is 24.5 Å². The van der Waals surface area contributed by atoms with Crippen molar-refractivity contribution in [1.82, 2.24) is 0 Å². The number of ether oxygens (including phenoxy) is 2. The average Bonchev–Trinajstić information content (AvgIpc) is 2.55. The predicted molar refractivity (Wildman–Crippen MR) is 87.4 cm³/mol. The Balaban J connectivity index is 2.08. The third-order valence-electron chi connectivity index (χ3n) is 3.20. The lowest BCUT2D eigenvalue weighted by Crippen LogP contribution is -2.26. The van der Waals surface area contributed by atoms with Crippen molar-refractivity contribution in [1.29, 1.82) is 0 Å². The van der Waals surface area contributed by atoms with Gasteiger partial charge in [-0.05, 0) is 36.8 Å². The third kappa shape index (κ3) is 5.07. The first-order valence-electron chi connectivity index (χ1n) is 7.39. The maximum atomic E-state index is 12.0. The lowest BCUT2D eigenvalue weighted by molar-refractivity contribution is -0.254. The lowest BCUT2D eigenvalue weighted by atomic mass is 10.1. The molecule has 0 radical (unpaired) electrons. The van der Waals surface area contributed by atoms with Gasteiger partial charge in [0.25, 0.3) is 5.91 Å². The number of aromatic carboxylic acids is 1. The lowest BCUT2D eigenvalue weighted by Gasteiger charge is -2.14. The van der Waals surface area contributed by atoms with Crippen LogP contribution < -0.4 is 19.9 Å². The highest BCUT2D eigenvalue weighted by atomic mass is 16.5. The van der Waals surface area contributed by atoms with Gasteiger partial charge in [0, 0.05) is 12.5 Å². The summed E-state index contributed by atoms with van der Waals surface area (Å²) in [7, 11) is 0. The topological polar surface area (TPSA) is 105 Å². The fourth-order valence-corrected chi connectivity index (χ4v) is 2.08. The second-order valence-corrected chi connectivity index (χ2v) is 5.19. The minimum atomic E-state index is -1.51. The van der Waals surface area contributed by atoms with Crippen molar-refractivity contribution in [3.63, 3.8) is 0 Å². The molecule has 0 aromatic heterocycles. The number of aryl methyl sites for hydroxylation is 1. The largest absolute Gasteiger partial charge is 0.545 e. The van der Waals surface area contributed by atoms with E-state index in [0.29, 0.717) is 5.75 Å². The Morgan fingerprint density at radius 3 is 2.48 bits per heavy atom. The van der Waals surface area contributed by atoms with E-state index >= 15 is 0 Å². The van der Waals surface area contributed by atoms with Gasteiger partial charge in [-0.25, -0.2) is 0 Å². The Kier molecular flexibility index (Phi) is 5.73. The summed E-state index contributed by atoms with van der Waals surface area (Å²) >= 11 is 0. The zero-order chi connectivity index (χ0) is 18.4. The molecular formula is C18H16NO6-. The van der Waals surface area contributed by atoms with E-state index in [9.17, 15) is 19.5 Å². The number of hydrogen-bond donors (Lipinski definition) is 1. The Morgan fingerprint density at radius 2 is 1.84 bits per heavy atom. The summed E-state index contributed by atoms with van der Waals surface area (Å²) in [6.45, 7) is 2.75. The van der Waals surface area contributed by atoms with Crippen LogP contribution in [0.3, 0.4) is 0 Å². The van der Waals surface area contributed by atoms with Crippen LogP contribution in [0.1, 0.15) is 22.8 Å². The van der Waals surface area contributed by atoms with Gasteiger partial charge < -0.3 is 24.7 Å². The summed E-state index contributed by atoms with van der Waals surface area (Å²) in [5.41, 5.74) is 0.591. The standard InChI is InChI=1S/C18H17NO6/c1-11-5-3-4-6-16(11)24-10-17(21)19-15-8-7-13(25-12(2)20)9-14(15)18(22)23/h3-9H,10H2,1-2H3,(H,19,21)(H,22,23)/p-1. The van der Waals surface area contributed by atoms with Gasteiger partial charge in [-0.15, -0.1) is 0 Å². The number of amides is 1. The van der Waals surface area contributed by atoms with Gasteiger partial charge in [0.1, 0.15) is 11.5 Å². The molecule has 130 valence electrons. The second-order valence-electron chi connectivity index (χ2n) is 5.19. The van der Waals surface area contributed by atoms with Crippen molar-refractivity contribution in [2.75, 3.05) is 11.9 Å². The number of para-hydroxylation sites is 1. The maximum absolute atomic E-state index is 12.0. The minimum absolute atomic E-state index is 0.0225. The summed E-state index contributed by atoms with van der Waals surface area (Å²) in [4.78, 5) is 34.2. The fraction of sp³-hybridized carbons (Fsp3) is 0.167. The van der Waals surface area contributed by atoms with E-state index in [1.54, 1.807) is 12.1 Å². The van der Waals surface area contributed by atoms with E-state index in [2.05, 4.69) is 5.32 Å². The van der Waals surface area contributed by atoms with Gasteiger partial charge in [0.2, 0.25) is 0 Å². The molecule has 2 rings (SSSR count). The molecule has 7 nitrogen and oxygen atoms in total. The summed E-state index contributed by atoms with van der Waals surface area (Å²) in [6, 6.07) is 11.0. The molecule has 0 spiro atoms. The molecule has 0 heterocycles. The summed E-state index contributed by atoms with van der Waals surface area (Å²) in [5.74, 6) is -2.04. The molecule has 2 aromatic carbocycles. The smallest absolute Gasteiger partial charge is 0.308 e. The zero-order valence-electron chi connectivity index (χ0n) is 13.7. The van der Waals surface area contributed by atoms with E-state index in [1.165, 1.54) is 19.1 Å². The average molecular weight is 342 g/mol. The number of carbonyl (C=O) groups excluding carboxylic acids is 3. The maximum Gasteiger partial charge on any atom is 0.308 e. The molecule has 0 bridgehead atoms. The number of carboxylic acids is 1. The van der Waals surface area contributed by atoms with Crippen LogP contribution >= 0.6 is 0 Å². The van der Waals surface area contributed by atoms with Crippen LogP contribution in [0.2, 0.25) is 0 Å². The van der Waals surface area contributed by atoms with Gasteiger partial charge in [0.05, 0.1) is 11.7 Å². The van der Waals surface area contributed by atoms with E-state index < -0.39 is 17.8 Å². The van der Waals surface area contributed by atoms with Crippen LogP contribution in [0.4, 0.5) is 5.69 Å². The molecule has 1 N–H and O–H groups in total. The Morgan fingerprint density at radius 1 is 1.12 bits per heavy atom. The number of anilines is 1. The highest BCUT2D eigenvalue weighted by Gasteiger charge is 2.11. The van der Waals surface area contributed by atoms with Crippen LogP contribution in [-0.2, 0) is 9.59 Å². The summed E-state index contributed by atoms with van der Waals surface area (Å²) < 4.78 is 10.2. The molecule has 0 saturated heterocycles. The van der Waals surface area contributed by atoms with Gasteiger partial charge in [-0.3, -0.25) is 9.59 Å². The Labute approximate surface area is 144 Å². The minimum Gasteiger partial charge on any atom is -0.545 e. The monoisotopic (exact) mass is 342 g/mol. The van der Waals surface area contributed by atoms with Gasteiger partial charge in [-0.2, -0.15) is 0 Å². The van der Waals surface area contributed by atoms with E-state index in [-0.39, 0.29) is 23.6 Å². The number of nitrogens with one attached hydrogen (secondary N) is 1. The number of rotatable bonds is 6. The van der Waals surface area contributed by atoms with Gasteiger partial charge in [-0.1, -0.05) is 18.2 Å². The van der Waals surface area contributed by atoms with Crippen molar-refractivity contribution in [3.05, 3.63) is 53.6 Å². The SMILES string of the molecule is CC(=O)Oc1ccc(NC(=O)COc2ccccc2C)c(C(=O)[O-])c1. The van der Waals surface area contributed by atoms with Gasteiger partial charge >= 0.3 is 5.97 Å². The molecule has 1 amide bonds. The summed E-state index contributed by atoms with van der Waals surface area (Å²) in [5, 5.41) is 13.7. The molecule has 0 saturated carbocycles. The Hall–Kier alpha value is -3.35. The molecule has 0 atom stereocenters. The first-order valence-corrected chi connectivity index (χ1v) is 7.39. The normalized spacial score (nSPS) is 10.0. The van der Waals surface area contributed by atoms with Crippen molar-refractivity contribution in [3.8, 4) is 11.5 Å². The first kappa shape index (κ1) is 18.0. The van der Waals surface area contributed by atoms with E-state index in [0.717, 1.165) is 11.6 Å². The highest BCUT2D eigenvalue weighted by molar-refractivity contribution is 6.00. The fourth-order valence-electron chi connectivity index (χ4n) is 2.08. The first-order chi connectivity index (χ1) is 11.9. The van der Waals surface area contributed by atoms with E-state index in [1.807, 2.05) is 19.1 Å². The molecule has 0 fully saturated rings. The molecule has 2 aromatic rings. The van der Waals surface area contributed by atoms with Crippen LogP contribution in [0, 0.1) is 6.92 Å². The van der Waals surface area contributed by atoms with Crippen LogP contribution in [0.5, 0.6) is 11.5 Å². The van der Waals surface area contributed by atoms with Crippen molar-refractivity contribution >= 4 is 23.5 Å². The number of carbonyl (C=O) groups is 3. The summed E-state index contributed by atoms with van der Waals surface area (Å²) in [6.07, 6.45) is 0. The number of hydrogen-bond acceptors (Lipinski definition) is 6. The Bertz CT molecular complexity index is 815. The molecule has 25 heavy (non-hydrogen) atoms. The van der Waals surface area contributed by atoms with Crippen molar-refractivity contribution < 1.29 is 29.0 Å². The highest BCUT2D eigenvalue weighted by Crippen LogP contribution is 2.22. The molecule has 0 unspecified atom stereocenters.